The summed E-state index contributed by atoms with van der Waals surface area (Å²) in [7, 11) is 0. The van der Waals surface area contributed by atoms with Crippen molar-refractivity contribution >= 4 is 17.3 Å². The zero-order valence-corrected chi connectivity index (χ0v) is 9.49. The van der Waals surface area contributed by atoms with Crippen LogP contribution in [0.4, 0.5) is 0 Å². The molecule has 0 aliphatic rings. The van der Waals surface area contributed by atoms with Crippen molar-refractivity contribution in [2.24, 2.45) is 0 Å². The second-order valence-corrected chi connectivity index (χ2v) is 3.91. The molecule has 0 heterocycles. The highest BCUT2D eigenvalue weighted by Crippen LogP contribution is 2.11. The molecule has 0 amide bonds. The molecule has 0 aromatic heterocycles. The largest absolute Gasteiger partial charge is 0.478 e. The van der Waals surface area contributed by atoms with Gasteiger partial charge >= 0.3 is 17.3 Å². The number of aromatic carboxylic acids is 1. The number of carboxylic acid groups (broad SMARTS) is 1. The third-order valence-corrected chi connectivity index (χ3v) is 2.46. The fourth-order valence-electron chi connectivity index (χ4n) is 1.35. The van der Waals surface area contributed by atoms with E-state index in [1.807, 2.05) is 0 Å². The molecule has 5 nitrogen and oxygen atoms in total. The van der Waals surface area contributed by atoms with Crippen LogP contribution in [0.5, 0.6) is 0 Å². The maximum atomic E-state index is 10.7. The number of carboxylic acids is 1. The van der Waals surface area contributed by atoms with E-state index in [-0.39, 0.29) is 12.2 Å². The summed E-state index contributed by atoms with van der Waals surface area (Å²) in [4.78, 5) is 10.7. The zero-order valence-electron chi connectivity index (χ0n) is 8.67. The summed E-state index contributed by atoms with van der Waals surface area (Å²) in [6.45, 7) is 1.83. The lowest BCUT2D eigenvalue weighted by molar-refractivity contribution is 0.0696. The van der Waals surface area contributed by atoms with E-state index in [2.05, 4.69) is 4.18 Å². The molecule has 1 unspecified atom stereocenters. The minimum Gasteiger partial charge on any atom is -0.478 e. The van der Waals surface area contributed by atoms with Crippen LogP contribution in [0.2, 0.25) is 0 Å². The average molecular weight is 244 g/mol. The maximum Gasteiger partial charge on any atom is 0.335 e. The third-order valence-electron chi connectivity index (χ3n) is 2.10. The number of hydrogen-bond donors (Lipinski definition) is 2. The van der Waals surface area contributed by atoms with Gasteiger partial charge in [-0.05, 0) is 30.5 Å². The number of aryl methyl sites for hydroxylation is 1. The van der Waals surface area contributed by atoms with Gasteiger partial charge in [0.25, 0.3) is 0 Å². The Hall–Kier alpha value is -1.24. The molecular weight excluding hydrogens is 232 g/mol. The van der Waals surface area contributed by atoms with Gasteiger partial charge < -0.3 is 5.11 Å². The topological polar surface area (TPSA) is 83.8 Å². The van der Waals surface area contributed by atoms with E-state index in [4.69, 9.17) is 9.66 Å². The number of hydrogen-bond acceptors (Lipinski definition) is 3. The molecule has 0 radical (unpaired) electrons. The molecule has 0 aliphatic carbocycles. The van der Waals surface area contributed by atoms with Crippen molar-refractivity contribution in [2.45, 2.75) is 13.3 Å². The average Bonchev–Trinajstić information content (AvgIpc) is 2.16. The highest BCUT2D eigenvalue weighted by atomic mass is 32.2. The van der Waals surface area contributed by atoms with Crippen molar-refractivity contribution in [2.75, 3.05) is 6.61 Å². The van der Waals surface area contributed by atoms with Gasteiger partial charge in [0.05, 0.1) is 12.2 Å². The van der Waals surface area contributed by atoms with Gasteiger partial charge in [0, 0.05) is 0 Å². The first-order valence-electron chi connectivity index (χ1n) is 4.57. The van der Waals surface area contributed by atoms with Crippen molar-refractivity contribution in [1.82, 2.24) is 0 Å². The lowest BCUT2D eigenvalue weighted by atomic mass is 10.0. The Bertz CT molecular complexity index is 416. The Balaban J connectivity index is 2.66. The van der Waals surface area contributed by atoms with E-state index in [1.165, 1.54) is 6.07 Å². The molecular formula is C10H12O5S. The van der Waals surface area contributed by atoms with Gasteiger partial charge in [0.1, 0.15) is 0 Å². The van der Waals surface area contributed by atoms with Gasteiger partial charge in [-0.1, -0.05) is 12.1 Å². The predicted octanol–water partition coefficient (Wildman–Crippen LogP) is 1.39. The minimum absolute atomic E-state index is 0.120. The molecule has 0 saturated carbocycles. The van der Waals surface area contributed by atoms with Gasteiger partial charge in [-0.15, -0.1) is 0 Å². The molecule has 0 aliphatic heterocycles. The summed E-state index contributed by atoms with van der Waals surface area (Å²) in [5.74, 6) is -0.961. The first kappa shape index (κ1) is 12.8. The Labute approximate surface area is 95.5 Å². The predicted molar refractivity (Wildman–Crippen MR) is 58.6 cm³/mol. The van der Waals surface area contributed by atoms with Crippen LogP contribution >= 0.6 is 0 Å². The summed E-state index contributed by atoms with van der Waals surface area (Å²) >= 11 is -2.25. The molecule has 1 aromatic rings. The summed E-state index contributed by atoms with van der Waals surface area (Å²) < 4.78 is 23.1. The van der Waals surface area contributed by atoms with Crippen molar-refractivity contribution in [3.8, 4) is 0 Å². The van der Waals surface area contributed by atoms with Gasteiger partial charge in [0.2, 0.25) is 0 Å². The number of benzene rings is 1. The number of carbonyl (C=O) groups is 1. The summed E-state index contributed by atoms with van der Waals surface area (Å²) in [5.41, 5.74) is 1.79. The fourth-order valence-corrected chi connectivity index (χ4v) is 1.58. The molecule has 1 aromatic carbocycles. The fraction of sp³-hybridized carbons (Fsp3) is 0.300. The maximum absolute atomic E-state index is 10.7. The Morgan fingerprint density at radius 3 is 2.69 bits per heavy atom. The summed E-state index contributed by atoms with van der Waals surface area (Å²) in [6.07, 6.45) is 0.465. The molecule has 2 N–H and O–H groups in total. The van der Waals surface area contributed by atoms with E-state index in [9.17, 15) is 9.00 Å². The molecule has 0 bridgehead atoms. The Morgan fingerprint density at radius 2 is 2.19 bits per heavy atom. The van der Waals surface area contributed by atoms with Crippen molar-refractivity contribution in [1.29, 1.82) is 0 Å². The SMILES string of the molecule is Cc1cc(CCOS(=O)O)ccc1C(=O)O. The molecule has 0 fully saturated rings. The Morgan fingerprint density at radius 1 is 1.50 bits per heavy atom. The van der Waals surface area contributed by atoms with Crippen LogP contribution in [0.3, 0.4) is 0 Å². The third kappa shape index (κ3) is 3.73. The van der Waals surface area contributed by atoms with Crippen molar-refractivity contribution in [3.63, 3.8) is 0 Å². The molecule has 1 rings (SSSR count). The summed E-state index contributed by atoms with van der Waals surface area (Å²) in [6, 6.07) is 4.91. The van der Waals surface area contributed by atoms with Crippen molar-refractivity contribution < 1.29 is 22.8 Å². The van der Waals surface area contributed by atoms with Gasteiger partial charge in [-0.3, -0.25) is 8.74 Å². The van der Waals surface area contributed by atoms with Gasteiger partial charge in [-0.2, -0.15) is 4.21 Å². The first-order chi connectivity index (χ1) is 7.50. The lowest BCUT2D eigenvalue weighted by Crippen LogP contribution is -2.03. The van der Waals surface area contributed by atoms with Gasteiger partial charge in [0.15, 0.2) is 0 Å². The standard InChI is InChI=1S/C10H12O5S/c1-7-6-8(4-5-15-16(13)14)2-3-9(7)10(11)12/h2-3,6H,4-5H2,1H3,(H,11,12)(H,13,14). The number of rotatable bonds is 5. The van der Waals surface area contributed by atoms with E-state index in [0.29, 0.717) is 12.0 Å². The molecule has 0 saturated heterocycles. The van der Waals surface area contributed by atoms with Crippen LogP contribution < -0.4 is 0 Å². The van der Waals surface area contributed by atoms with Crippen LogP contribution in [-0.4, -0.2) is 26.4 Å². The van der Waals surface area contributed by atoms with E-state index >= 15 is 0 Å². The lowest BCUT2D eigenvalue weighted by Gasteiger charge is -2.04. The van der Waals surface area contributed by atoms with Crippen LogP contribution in [0.25, 0.3) is 0 Å². The van der Waals surface area contributed by atoms with Crippen molar-refractivity contribution in [3.05, 3.63) is 34.9 Å². The second-order valence-electron chi connectivity index (χ2n) is 3.24. The highest BCUT2D eigenvalue weighted by Gasteiger charge is 2.07. The smallest absolute Gasteiger partial charge is 0.335 e. The quantitative estimate of drug-likeness (QED) is 0.765. The molecule has 6 heteroatoms. The summed E-state index contributed by atoms with van der Waals surface area (Å²) in [5, 5.41) is 8.81. The second kappa shape index (κ2) is 5.74. The Kier molecular flexibility index (Phi) is 4.60. The van der Waals surface area contributed by atoms with E-state index in [1.54, 1.807) is 19.1 Å². The van der Waals surface area contributed by atoms with Gasteiger partial charge in [-0.25, -0.2) is 4.79 Å². The molecule has 88 valence electrons. The van der Waals surface area contributed by atoms with Crippen LogP contribution in [0, 0.1) is 6.92 Å². The van der Waals surface area contributed by atoms with Crippen LogP contribution in [0.1, 0.15) is 21.5 Å². The zero-order chi connectivity index (χ0) is 12.1. The van der Waals surface area contributed by atoms with Crippen LogP contribution in [-0.2, 0) is 22.0 Å². The monoisotopic (exact) mass is 244 g/mol. The minimum atomic E-state index is -2.25. The molecule has 16 heavy (non-hydrogen) atoms. The normalized spacial score (nSPS) is 12.4. The highest BCUT2D eigenvalue weighted by molar-refractivity contribution is 7.74. The van der Waals surface area contributed by atoms with E-state index < -0.39 is 17.3 Å². The van der Waals surface area contributed by atoms with Crippen LogP contribution in [0.15, 0.2) is 18.2 Å². The molecule has 1 atom stereocenters. The first-order valence-corrected chi connectivity index (χ1v) is 5.61. The molecule has 0 spiro atoms. The van der Waals surface area contributed by atoms with E-state index in [0.717, 1.165) is 5.56 Å².